The molecule has 0 aliphatic carbocycles. The Morgan fingerprint density at radius 3 is 2.64 bits per heavy atom. The predicted octanol–water partition coefficient (Wildman–Crippen LogP) is 3.56. The number of halogens is 2. The normalized spacial score (nSPS) is 10.1. The van der Waals surface area contributed by atoms with Crippen molar-refractivity contribution in [2.45, 2.75) is 0 Å². The lowest BCUT2D eigenvalue weighted by atomic mass is 10.2. The molecule has 1 aromatic heterocycles. The standard InChI is InChI=1S/C10H6BrClN2/c11-8-4-2-1-3-7(8)9-5-13-6-10(12)14-9/h1-6H. The van der Waals surface area contributed by atoms with Crippen LogP contribution in [0.4, 0.5) is 0 Å². The third-order valence-corrected chi connectivity index (χ3v) is 2.63. The van der Waals surface area contributed by atoms with Crippen molar-refractivity contribution >= 4 is 27.5 Å². The monoisotopic (exact) mass is 268 g/mol. The Morgan fingerprint density at radius 1 is 1.14 bits per heavy atom. The van der Waals surface area contributed by atoms with Gasteiger partial charge in [0.25, 0.3) is 0 Å². The molecule has 4 heteroatoms. The maximum absolute atomic E-state index is 5.76. The summed E-state index contributed by atoms with van der Waals surface area (Å²) in [6.45, 7) is 0. The number of hydrogen-bond donors (Lipinski definition) is 0. The van der Waals surface area contributed by atoms with E-state index in [1.165, 1.54) is 6.20 Å². The largest absolute Gasteiger partial charge is 0.259 e. The first kappa shape index (κ1) is 9.62. The van der Waals surface area contributed by atoms with Crippen LogP contribution in [0.25, 0.3) is 11.3 Å². The second-order valence-corrected chi connectivity index (χ2v) is 3.95. The summed E-state index contributed by atoms with van der Waals surface area (Å²) in [5.41, 5.74) is 1.76. The first-order valence-corrected chi connectivity index (χ1v) is 5.17. The molecule has 0 unspecified atom stereocenters. The van der Waals surface area contributed by atoms with Crippen LogP contribution in [-0.4, -0.2) is 9.97 Å². The molecule has 1 aromatic carbocycles. The summed E-state index contributed by atoms with van der Waals surface area (Å²) in [6.07, 6.45) is 3.20. The van der Waals surface area contributed by atoms with Gasteiger partial charge in [-0.15, -0.1) is 0 Å². The Labute approximate surface area is 95.1 Å². The highest BCUT2D eigenvalue weighted by Gasteiger charge is 2.03. The number of benzene rings is 1. The summed E-state index contributed by atoms with van der Waals surface area (Å²) in [4.78, 5) is 8.16. The van der Waals surface area contributed by atoms with Crippen molar-refractivity contribution in [2.75, 3.05) is 0 Å². The van der Waals surface area contributed by atoms with E-state index in [0.29, 0.717) is 5.15 Å². The Bertz CT molecular complexity index is 459. The molecule has 0 aliphatic heterocycles. The number of hydrogen-bond acceptors (Lipinski definition) is 2. The third-order valence-electron chi connectivity index (χ3n) is 1.75. The minimum atomic E-state index is 0.401. The van der Waals surface area contributed by atoms with Crippen molar-refractivity contribution in [3.63, 3.8) is 0 Å². The summed E-state index contributed by atoms with van der Waals surface area (Å²) >= 11 is 9.20. The molecule has 0 atom stereocenters. The summed E-state index contributed by atoms with van der Waals surface area (Å²) in [6, 6.07) is 7.82. The minimum Gasteiger partial charge on any atom is -0.259 e. The van der Waals surface area contributed by atoms with E-state index in [-0.39, 0.29) is 0 Å². The molecular formula is C10H6BrClN2. The first-order valence-electron chi connectivity index (χ1n) is 4.00. The van der Waals surface area contributed by atoms with Crippen LogP contribution in [-0.2, 0) is 0 Å². The van der Waals surface area contributed by atoms with Gasteiger partial charge in [0.15, 0.2) is 0 Å². The van der Waals surface area contributed by atoms with Crippen molar-refractivity contribution in [3.8, 4) is 11.3 Å². The van der Waals surface area contributed by atoms with Gasteiger partial charge in [0.05, 0.1) is 18.1 Å². The molecule has 0 saturated carbocycles. The predicted molar refractivity (Wildman–Crippen MR) is 60.2 cm³/mol. The maximum atomic E-state index is 5.76. The van der Waals surface area contributed by atoms with E-state index in [9.17, 15) is 0 Å². The van der Waals surface area contributed by atoms with Crippen LogP contribution in [0.15, 0.2) is 41.1 Å². The average Bonchev–Trinajstić information content (AvgIpc) is 2.18. The SMILES string of the molecule is Clc1cncc(-c2ccccc2Br)n1. The molecule has 70 valence electrons. The fraction of sp³-hybridized carbons (Fsp3) is 0. The molecule has 2 aromatic rings. The van der Waals surface area contributed by atoms with Crippen LogP contribution in [0.3, 0.4) is 0 Å². The maximum Gasteiger partial charge on any atom is 0.148 e. The molecule has 0 aliphatic rings. The van der Waals surface area contributed by atoms with E-state index in [4.69, 9.17) is 11.6 Å². The van der Waals surface area contributed by atoms with E-state index >= 15 is 0 Å². The van der Waals surface area contributed by atoms with Crippen LogP contribution in [0.5, 0.6) is 0 Å². The molecule has 2 nitrogen and oxygen atoms in total. The summed E-state index contributed by atoms with van der Waals surface area (Å²) in [7, 11) is 0. The van der Waals surface area contributed by atoms with Gasteiger partial charge in [-0.05, 0) is 6.07 Å². The van der Waals surface area contributed by atoms with E-state index < -0.39 is 0 Å². The summed E-state index contributed by atoms with van der Waals surface area (Å²) < 4.78 is 0.983. The Balaban J connectivity index is 2.55. The number of aromatic nitrogens is 2. The lowest BCUT2D eigenvalue weighted by molar-refractivity contribution is 1.20. The molecular weight excluding hydrogens is 263 g/mol. The topological polar surface area (TPSA) is 25.8 Å². The molecule has 0 bridgehead atoms. The zero-order valence-electron chi connectivity index (χ0n) is 7.11. The van der Waals surface area contributed by atoms with E-state index in [1.54, 1.807) is 6.20 Å². The van der Waals surface area contributed by atoms with Gasteiger partial charge in [0, 0.05) is 10.0 Å². The van der Waals surface area contributed by atoms with Crippen LogP contribution < -0.4 is 0 Å². The molecule has 14 heavy (non-hydrogen) atoms. The second kappa shape index (κ2) is 4.07. The quantitative estimate of drug-likeness (QED) is 0.791. The van der Waals surface area contributed by atoms with Crippen molar-refractivity contribution in [1.29, 1.82) is 0 Å². The lowest BCUT2D eigenvalue weighted by Gasteiger charge is -2.02. The Kier molecular flexibility index (Phi) is 2.79. The average molecular weight is 270 g/mol. The van der Waals surface area contributed by atoms with Gasteiger partial charge >= 0.3 is 0 Å². The lowest BCUT2D eigenvalue weighted by Crippen LogP contribution is -1.86. The number of rotatable bonds is 1. The van der Waals surface area contributed by atoms with Crippen LogP contribution >= 0.6 is 27.5 Å². The number of nitrogens with zero attached hydrogens (tertiary/aromatic N) is 2. The van der Waals surface area contributed by atoms with Crippen molar-refractivity contribution in [1.82, 2.24) is 9.97 Å². The van der Waals surface area contributed by atoms with Gasteiger partial charge in [-0.2, -0.15) is 0 Å². The van der Waals surface area contributed by atoms with Crippen molar-refractivity contribution in [2.24, 2.45) is 0 Å². The van der Waals surface area contributed by atoms with Gasteiger partial charge in [-0.1, -0.05) is 45.7 Å². The molecule has 0 N–H and O–H groups in total. The summed E-state index contributed by atoms with van der Waals surface area (Å²) in [5.74, 6) is 0. The third kappa shape index (κ3) is 1.94. The first-order chi connectivity index (χ1) is 6.77. The van der Waals surface area contributed by atoms with Gasteiger partial charge in [-0.25, -0.2) is 4.98 Å². The van der Waals surface area contributed by atoms with Crippen LogP contribution in [0, 0.1) is 0 Å². The molecule has 0 fully saturated rings. The molecule has 0 saturated heterocycles. The van der Waals surface area contributed by atoms with Gasteiger partial charge < -0.3 is 0 Å². The van der Waals surface area contributed by atoms with E-state index in [2.05, 4.69) is 25.9 Å². The highest BCUT2D eigenvalue weighted by molar-refractivity contribution is 9.10. The molecule has 1 heterocycles. The highest BCUT2D eigenvalue weighted by atomic mass is 79.9. The molecule has 0 radical (unpaired) electrons. The minimum absolute atomic E-state index is 0.401. The second-order valence-electron chi connectivity index (χ2n) is 2.71. The Morgan fingerprint density at radius 2 is 1.93 bits per heavy atom. The van der Waals surface area contributed by atoms with Crippen molar-refractivity contribution < 1.29 is 0 Å². The Hall–Kier alpha value is -0.930. The van der Waals surface area contributed by atoms with E-state index in [0.717, 1.165) is 15.7 Å². The van der Waals surface area contributed by atoms with Crippen molar-refractivity contribution in [3.05, 3.63) is 46.3 Å². The molecule has 2 rings (SSSR count). The van der Waals surface area contributed by atoms with Gasteiger partial charge in [-0.3, -0.25) is 4.98 Å². The van der Waals surface area contributed by atoms with Crippen LogP contribution in [0.2, 0.25) is 5.15 Å². The van der Waals surface area contributed by atoms with Gasteiger partial charge in [0.1, 0.15) is 5.15 Å². The molecule has 0 spiro atoms. The fourth-order valence-corrected chi connectivity index (χ4v) is 1.78. The zero-order chi connectivity index (χ0) is 9.97. The molecule has 0 amide bonds. The fourth-order valence-electron chi connectivity index (χ4n) is 1.14. The highest BCUT2D eigenvalue weighted by Crippen LogP contribution is 2.26. The zero-order valence-corrected chi connectivity index (χ0v) is 9.46. The summed E-state index contributed by atoms with van der Waals surface area (Å²) in [5, 5.41) is 0.401. The van der Waals surface area contributed by atoms with E-state index in [1.807, 2.05) is 24.3 Å². The van der Waals surface area contributed by atoms with Gasteiger partial charge in [0.2, 0.25) is 0 Å². The smallest absolute Gasteiger partial charge is 0.148 e. The van der Waals surface area contributed by atoms with Crippen LogP contribution in [0.1, 0.15) is 0 Å².